The molecule has 1 aromatic carbocycles. The van der Waals surface area contributed by atoms with Crippen molar-refractivity contribution in [1.82, 2.24) is 0 Å². The van der Waals surface area contributed by atoms with E-state index in [2.05, 4.69) is 32.0 Å². The molecule has 1 aliphatic rings. The maximum Gasteiger partial charge on any atom is -0.0248 e. The van der Waals surface area contributed by atoms with Crippen LogP contribution in [0.3, 0.4) is 0 Å². The smallest absolute Gasteiger partial charge is 0.0248 e. The van der Waals surface area contributed by atoms with E-state index in [-0.39, 0.29) is 0 Å². The molecule has 0 fully saturated rings. The second kappa shape index (κ2) is 4.16. The Balaban J connectivity index is 2.30. The van der Waals surface area contributed by atoms with E-state index in [1.165, 1.54) is 32.1 Å². The van der Waals surface area contributed by atoms with Crippen molar-refractivity contribution in [2.75, 3.05) is 0 Å². The van der Waals surface area contributed by atoms with E-state index < -0.39 is 0 Å². The summed E-state index contributed by atoms with van der Waals surface area (Å²) in [4.78, 5) is 0. The normalized spacial score (nSPS) is 20.6. The monoisotopic (exact) mass is 188 g/mol. The van der Waals surface area contributed by atoms with Gasteiger partial charge in [-0.3, -0.25) is 0 Å². The fourth-order valence-electron chi connectivity index (χ4n) is 2.64. The second-order valence-corrected chi connectivity index (χ2v) is 4.43. The maximum absolute atomic E-state index is 2.33. The van der Waals surface area contributed by atoms with Crippen LogP contribution in [0.5, 0.6) is 0 Å². The van der Waals surface area contributed by atoms with Gasteiger partial charge in [0.05, 0.1) is 0 Å². The first-order chi connectivity index (χ1) is 6.85. The van der Waals surface area contributed by atoms with E-state index in [4.69, 9.17) is 0 Å². The van der Waals surface area contributed by atoms with Gasteiger partial charge in [-0.1, -0.05) is 38.5 Å². The molecule has 0 spiro atoms. The minimum absolute atomic E-state index is 0.939. The molecule has 0 saturated heterocycles. The Morgan fingerprint density at radius 2 is 2.14 bits per heavy atom. The summed E-state index contributed by atoms with van der Waals surface area (Å²) >= 11 is 0. The minimum atomic E-state index is 0.939. The first-order valence-electron chi connectivity index (χ1n) is 5.94. The van der Waals surface area contributed by atoms with E-state index in [9.17, 15) is 0 Å². The molecule has 0 aliphatic heterocycles. The third-order valence-corrected chi connectivity index (χ3v) is 3.64. The van der Waals surface area contributed by atoms with Crippen LogP contribution >= 0.6 is 0 Å². The Morgan fingerprint density at radius 3 is 2.86 bits per heavy atom. The highest BCUT2D eigenvalue weighted by Crippen LogP contribution is 2.29. The molecule has 14 heavy (non-hydrogen) atoms. The Morgan fingerprint density at radius 1 is 1.29 bits per heavy atom. The van der Waals surface area contributed by atoms with Gasteiger partial charge >= 0.3 is 0 Å². The predicted octanol–water partition coefficient (Wildman–Crippen LogP) is 3.76. The Labute approximate surface area is 87.3 Å². The summed E-state index contributed by atoms with van der Waals surface area (Å²) < 4.78 is 0. The van der Waals surface area contributed by atoms with Gasteiger partial charge in [-0.05, 0) is 48.3 Å². The number of benzene rings is 1. The Kier molecular flexibility index (Phi) is 2.90. The number of aryl methyl sites for hydroxylation is 1. The van der Waals surface area contributed by atoms with Crippen molar-refractivity contribution in [3.63, 3.8) is 0 Å². The highest BCUT2D eigenvalue weighted by Gasteiger charge is 2.18. The van der Waals surface area contributed by atoms with E-state index in [0.717, 1.165) is 5.92 Å². The molecule has 0 saturated carbocycles. The van der Waals surface area contributed by atoms with Gasteiger partial charge in [-0.25, -0.2) is 0 Å². The number of fused-ring (bicyclic) bond motifs is 1. The first kappa shape index (κ1) is 9.76. The van der Waals surface area contributed by atoms with Crippen molar-refractivity contribution in [1.29, 1.82) is 0 Å². The van der Waals surface area contributed by atoms with Crippen LogP contribution in [0.4, 0.5) is 0 Å². The third-order valence-electron chi connectivity index (χ3n) is 3.64. The average Bonchev–Trinajstić information content (AvgIpc) is 2.27. The second-order valence-electron chi connectivity index (χ2n) is 4.43. The maximum atomic E-state index is 2.33. The largest absolute Gasteiger partial charge is 0.0651 e. The molecule has 0 bridgehead atoms. The van der Waals surface area contributed by atoms with E-state index in [0.29, 0.717) is 0 Å². The highest BCUT2D eigenvalue weighted by molar-refractivity contribution is 5.37. The lowest BCUT2D eigenvalue weighted by Crippen LogP contribution is -2.14. The quantitative estimate of drug-likeness (QED) is 0.663. The molecule has 76 valence electrons. The standard InChI is InChI=1S/C14H20/c1-3-11-8-9-14-12(4-2)6-5-7-13(14)10-11/h5-7,11H,3-4,8-10H2,1-2H3. The van der Waals surface area contributed by atoms with Crippen molar-refractivity contribution in [2.24, 2.45) is 5.92 Å². The average molecular weight is 188 g/mol. The van der Waals surface area contributed by atoms with Gasteiger partial charge < -0.3 is 0 Å². The fourth-order valence-corrected chi connectivity index (χ4v) is 2.64. The molecule has 0 N–H and O–H groups in total. The molecule has 0 aromatic heterocycles. The van der Waals surface area contributed by atoms with Crippen LogP contribution in [-0.2, 0) is 19.3 Å². The summed E-state index contributed by atoms with van der Waals surface area (Å²) in [6, 6.07) is 6.86. The van der Waals surface area contributed by atoms with Crippen molar-refractivity contribution < 1.29 is 0 Å². The summed E-state index contributed by atoms with van der Waals surface area (Å²) in [5.41, 5.74) is 4.87. The number of hydrogen-bond donors (Lipinski definition) is 0. The SMILES string of the molecule is CCc1cccc2c1CCC(CC)C2. The highest BCUT2D eigenvalue weighted by atomic mass is 14.2. The molecule has 1 unspecified atom stereocenters. The summed E-state index contributed by atoms with van der Waals surface area (Å²) in [7, 11) is 0. The van der Waals surface area contributed by atoms with Crippen LogP contribution in [0.2, 0.25) is 0 Å². The number of hydrogen-bond acceptors (Lipinski definition) is 0. The van der Waals surface area contributed by atoms with Crippen molar-refractivity contribution in [3.8, 4) is 0 Å². The van der Waals surface area contributed by atoms with Gasteiger partial charge in [-0.15, -0.1) is 0 Å². The van der Waals surface area contributed by atoms with Crippen LogP contribution < -0.4 is 0 Å². The van der Waals surface area contributed by atoms with Gasteiger partial charge in [0.2, 0.25) is 0 Å². The predicted molar refractivity (Wildman–Crippen MR) is 61.6 cm³/mol. The lowest BCUT2D eigenvalue weighted by molar-refractivity contribution is 0.443. The number of rotatable bonds is 2. The summed E-state index contributed by atoms with van der Waals surface area (Å²) in [6.45, 7) is 4.58. The molecule has 0 amide bonds. The zero-order valence-electron chi connectivity index (χ0n) is 9.34. The van der Waals surface area contributed by atoms with Crippen molar-refractivity contribution in [3.05, 3.63) is 34.9 Å². The van der Waals surface area contributed by atoms with Gasteiger partial charge in [0.25, 0.3) is 0 Å². The molecule has 1 aromatic rings. The molecule has 0 heterocycles. The molecule has 1 atom stereocenters. The molecular formula is C14H20. The lowest BCUT2D eigenvalue weighted by atomic mass is 9.80. The van der Waals surface area contributed by atoms with Crippen molar-refractivity contribution in [2.45, 2.75) is 46.0 Å². The van der Waals surface area contributed by atoms with E-state index >= 15 is 0 Å². The van der Waals surface area contributed by atoms with Crippen LogP contribution in [0.25, 0.3) is 0 Å². The lowest BCUT2D eigenvalue weighted by Gasteiger charge is -2.25. The zero-order valence-corrected chi connectivity index (χ0v) is 9.34. The third kappa shape index (κ3) is 1.70. The van der Waals surface area contributed by atoms with Gasteiger partial charge in [0, 0.05) is 0 Å². The summed E-state index contributed by atoms with van der Waals surface area (Å²) in [5.74, 6) is 0.939. The van der Waals surface area contributed by atoms with Crippen LogP contribution in [0, 0.1) is 5.92 Å². The van der Waals surface area contributed by atoms with Crippen LogP contribution in [-0.4, -0.2) is 0 Å². The van der Waals surface area contributed by atoms with Gasteiger partial charge in [-0.2, -0.15) is 0 Å². The van der Waals surface area contributed by atoms with Crippen LogP contribution in [0.15, 0.2) is 18.2 Å². The summed E-state index contributed by atoms with van der Waals surface area (Å²) in [6.07, 6.45) is 6.58. The topological polar surface area (TPSA) is 0 Å². The van der Waals surface area contributed by atoms with Gasteiger partial charge in [0.15, 0.2) is 0 Å². The summed E-state index contributed by atoms with van der Waals surface area (Å²) in [5, 5.41) is 0. The fraction of sp³-hybridized carbons (Fsp3) is 0.571. The zero-order chi connectivity index (χ0) is 9.97. The Hall–Kier alpha value is -0.780. The van der Waals surface area contributed by atoms with E-state index in [1.54, 1.807) is 16.7 Å². The Bertz CT molecular complexity index is 312. The van der Waals surface area contributed by atoms with E-state index in [1.807, 2.05) is 0 Å². The van der Waals surface area contributed by atoms with Crippen molar-refractivity contribution >= 4 is 0 Å². The molecule has 0 nitrogen and oxygen atoms in total. The molecule has 1 aliphatic carbocycles. The molecule has 0 radical (unpaired) electrons. The van der Waals surface area contributed by atoms with Gasteiger partial charge in [0.1, 0.15) is 0 Å². The first-order valence-corrected chi connectivity index (χ1v) is 5.94. The molecule has 2 rings (SSSR count). The van der Waals surface area contributed by atoms with Crippen LogP contribution in [0.1, 0.15) is 43.4 Å². The molecule has 0 heteroatoms. The molecular weight excluding hydrogens is 168 g/mol. The minimum Gasteiger partial charge on any atom is -0.0651 e.